The van der Waals surface area contributed by atoms with Gasteiger partial charge in [-0.25, -0.2) is 0 Å². The van der Waals surface area contributed by atoms with E-state index in [0.717, 1.165) is 18.6 Å². The van der Waals surface area contributed by atoms with Gasteiger partial charge in [0.05, 0.1) is 6.61 Å². The van der Waals surface area contributed by atoms with Crippen LogP contribution in [0.5, 0.6) is 0 Å². The molecule has 18 heavy (non-hydrogen) atoms. The Labute approximate surface area is 112 Å². The van der Waals surface area contributed by atoms with E-state index in [1.165, 1.54) is 11.1 Å². The second-order valence-corrected chi connectivity index (χ2v) is 5.65. The number of aryl methyl sites for hydroxylation is 1. The van der Waals surface area contributed by atoms with Gasteiger partial charge < -0.3 is 4.74 Å². The summed E-state index contributed by atoms with van der Waals surface area (Å²) in [7, 11) is 0. The number of hydrogen-bond acceptors (Lipinski definition) is 1. The zero-order chi connectivity index (χ0) is 13.6. The molecule has 0 bridgehead atoms. The molecular formula is C17H24O. The Morgan fingerprint density at radius 3 is 2.56 bits per heavy atom. The van der Waals surface area contributed by atoms with Crippen molar-refractivity contribution in [2.24, 2.45) is 5.41 Å². The van der Waals surface area contributed by atoms with Crippen molar-refractivity contribution in [3.05, 3.63) is 34.9 Å². The fraction of sp³-hybridized carbons (Fsp3) is 0.529. The molecule has 1 aromatic rings. The smallest absolute Gasteiger partial charge is 0.0731 e. The summed E-state index contributed by atoms with van der Waals surface area (Å²) in [4.78, 5) is 0. The summed E-state index contributed by atoms with van der Waals surface area (Å²) < 4.78 is 5.65. The van der Waals surface area contributed by atoms with Gasteiger partial charge >= 0.3 is 0 Å². The van der Waals surface area contributed by atoms with E-state index in [1.807, 2.05) is 0 Å². The molecule has 98 valence electrons. The van der Waals surface area contributed by atoms with Gasteiger partial charge in [0.25, 0.3) is 0 Å². The van der Waals surface area contributed by atoms with Crippen LogP contribution in [0.1, 0.15) is 50.8 Å². The van der Waals surface area contributed by atoms with Gasteiger partial charge in [-0.05, 0) is 51.3 Å². The minimum atomic E-state index is 0.0330. The summed E-state index contributed by atoms with van der Waals surface area (Å²) in [5, 5.41) is 0. The minimum absolute atomic E-state index is 0.0330. The van der Waals surface area contributed by atoms with E-state index < -0.39 is 0 Å². The van der Waals surface area contributed by atoms with Crippen LogP contribution in [0.2, 0.25) is 0 Å². The van der Waals surface area contributed by atoms with Crippen LogP contribution in [0.15, 0.2) is 18.2 Å². The first-order valence-electron chi connectivity index (χ1n) is 6.63. The molecule has 0 amide bonds. The molecule has 0 aromatic heterocycles. The van der Waals surface area contributed by atoms with Crippen molar-refractivity contribution < 1.29 is 4.74 Å². The van der Waals surface area contributed by atoms with Gasteiger partial charge in [-0.2, -0.15) is 0 Å². The van der Waals surface area contributed by atoms with Gasteiger partial charge in [0.1, 0.15) is 0 Å². The van der Waals surface area contributed by atoms with Crippen molar-refractivity contribution in [3.63, 3.8) is 0 Å². The summed E-state index contributed by atoms with van der Waals surface area (Å²) in [6.07, 6.45) is 1.05. The Morgan fingerprint density at radius 1 is 1.22 bits per heavy atom. The summed E-state index contributed by atoms with van der Waals surface area (Å²) in [6.45, 7) is 12.1. The van der Waals surface area contributed by atoms with Crippen LogP contribution >= 0.6 is 0 Å². The molecule has 0 spiro atoms. The summed E-state index contributed by atoms with van der Waals surface area (Å²) in [5.74, 6) is 6.58. The summed E-state index contributed by atoms with van der Waals surface area (Å²) in [5.41, 5.74) is 3.61. The highest BCUT2D eigenvalue weighted by Gasteiger charge is 2.06. The molecule has 1 heteroatoms. The molecule has 0 atom stereocenters. The minimum Gasteiger partial charge on any atom is -0.377 e. The second kappa shape index (κ2) is 6.61. The molecule has 0 saturated carbocycles. The predicted octanol–water partition coefficient (Wildman–Crippen LogP) is 4.32. The van der Waals surface area contributed by atoms with Crippen molar-refractivity contribution in [2.75, 3.05) is 6.61 Å². The van der Waals surface area contributed by atoms with E-state index in [4.69, 9.17) is 4.74 Å². The number of hydrogen-bond donors (Lipinski definition) is 0. The average Bonchev–Trinajstić information content (AvgIpc) is 2.28. The SMILES string of the molecule is CCCOCc1c(C)cccc1C#CC(C)(C)C. The van der Waals surface area contributed by atoms with Crippen LogP contribution in [0, 0.1) is 24.2 Å². The highest BCUT2D eigenvalue weighted by atomic mass is 16.5. The molecule has 0 aliphatic rings. The molecule has 0 saturated heterocycles. The summed E-state index contributed by atoms with van der Waals surface area (Å²) >= 11 is 0. The van der Waals surface area contributed by atoms with E-state index >= 15 is 0 Å². The number of rotatable bonds is 4. The van der Waals surface area contributed by atoms with Crippen LogP contribution in [-0.4, -0.2) is 6.61 Å². The van der Waals surface area contributed by atoms with Gasteiger partial charge in [0, 0.05) is 17.6 Å². The van der Waals surface area contributed by atoms with E-state index in [9.17, 15) is 0 Å². The zero-order valence-electron chi connectivity index (χ0n) is 12.3. The van der Waals surface area contributed by atoms with E-state index in [0.29, 0.717) is 6.61 Å². The van der Waals surface area contributed by atoms with E-state index in [-0.39, 0.29) is 5.41 Å². The molecule has 0 heterocycles. The van der Waals surface area contributed by atoms with Crippen molar-refractivity contribution in [2.45, 2.75) is 47.6 Å². The third-order valence-corrected chi connectivity index (χ3v) is 2.58. The van der Waals surface area contributed by atoms with E-state index in [1.54, 1.807) is 0 Å². The van der Waals surface area contributed by atoms with E-state index in [2.05, 4.69) is 64.7 Å². The van der Waals surface area contributed by atoms with Crippen LogP contribution in [0.3, 0.4) is 0 Å². The highest BCUT2D eigenvalue weighted by Crippen LogP contribution is 2.16. The fourth-order valence-electron chi connectivity index (χ4n) is 1.58. The van der Waals surface area contributed by atoms with Crippen molar-refractivity contribution in [3.8, 4) is 11.8 Å². The van der Waals surface area contributed by atoms with Gasteiger partial charge in [-0.15, -0.1) is 0 Å². The standard InChI is InChI=1S/C17H24O/c1-6-12-18-13-16-14(2)8-7-9-15(16)10-11-17(3,4)5/h7-9H,6,12-13H2,1-5H3. The first-order chi connectivity index (χ1) is 8.44. The molecular weight excluding hydrogens is 220 g/mol. The fourth-order valence-corrected chi connectivity index (χ4v) is 1.58. The lowest BCUT2D eigenvalue weighted by Crippen LogP contribution is -2.02. The first kappa shape index (κ1) is 14.8. The zero-order valence-corrected chi connectivity index (χ0v) is 12.3. The maximum absolute atomic E-state index is 5.65. The lowest BCUT2D eigenvalue weighted by molar-refractivity contribution is 0.121. The molecule has 0 aliphatic heterocycles. The molecule has 1 aromatic carbocycles. The topological polar surface area (TPSA) is 9.23 Å². The normalized spacial score (nSPS) is 10.9. The van der Waals surface area contributed by atoms with Crippen LogP contribution in [-0.2, 0) is 11.3 Å². The molecule has 0 N–H and O–H groups in total. The van der Waals surface area contributed by atoms with Gasteiger partial charge in [-0.3, -0.25) is 0 Å². The predicted molar refractivity (Wildman–Crippen MR) is 77.5 cm³/mol. The molecule has 0 fully saturated rings. The molecule has 0 aliphatic carbocycles. The lowest BCUT2D eigenvalue weighted by atomic mass is 9.96. The maximum Gasteiger partial charge on any atom is 0.0731 e. The van der Waals surface area contributed by atoms with Crippen molar-refractivity contribution in [1.29, 1.82) is 0 Å². The Morgan fingerprint density at radius 2 is 1.94 bits per heavy atom. The number of benzene rings is 1. The monoisotopic (exact) mass is 244 g/mol. The Bertz CT molecular complexity index is 441. The molecule has 1 nitrogen and oxygen atoms in total. The van der Waals surface area contributed by atoms with Gasteiger partial charge in [0.2, 0.25) is 0 Å². The average molecular weight is 244 g/mol. The quantitative estimate of drug-likeness (QED) is 0.566. The Hall–Kier alpha value is -1.26. The Kier molecular flexibility index (Phi) is 5.44. The molecule has 0 radical (unpaired) electrons. The largest absolute Gasteiger partial charge is 0.377 e. The van der Waals surface area contributed by atoms with Gasteiger partial charge in [0.15, 0.2) is 0 Å². The first-order valence-corrected chi connectivity index (χ1v) is 6.63. The summed E-state index contributed by atoms with van der Waals surface area (Å²) in [6, 6.07) is 6.26. The van der Waals surface area contributed by atoms with Crippen molar-refractivity contribution in [1.82, 2.24) is 0 Å². The molecule has 1 rings (SSSR count). The maximum atomic E-state index is 5.65. The van der Waals surface area contributed by atoms with Gasteiger partial charge in [-0.1, -0.05) is 30.9 Å². The third-order valence-electron chi connectivity index (χ3n) is 2.58. The highest BCUT2D eigenvalue weighted by molar-refractivity contribution is 5.45. The lowest BCUT2D eigenvalue weighted by Gasteiger charge is -2.11. The van der Waals surface area contributed by atoms with Crippen LogP contribution < -0.4 is 0 Å². The van der Waals surface area contributed by atoms with Crippen LogP contribution in [0.25, 0.3) is 0 Å². The van der Waals surface area contributed by atoms with Crippen molar-refractivity contribution >= 4 is 0 Å². The number of ether oxygens (including phenoxy) is 1. The third kappa shape index (κ3) is 4.94. The molecule has 0 unspecified atom stereocenters. The Balaban J connectivity index is 2.96. The second-order valence-electron chi connectivity index (χ2n) is 5.65. The van der Waals surface area contributed by atoms with Crippen LogP contribution in [0.4, 0.5) is 0 Å².